The number of hydrogen-bond acceptors (Lipinski definition) is 8. The van der Waals surface area contributed by atoms with Gasteiger partial charge in [-0.25, -0.2) is 8.42 Å². The second-order valence-corrected chi connectivity index (χ2v) is 16.2. The average Bonchev–Trinajstić information content (AvgIpc) is 3.71. The molecule has 3 aliphatic carbocycles. The molecule has 5 atom stereocenters. The number of sulfonamides is 1. The molecule has 9 nitrogen and oxygen atoms in total. The van der Waals surface area contributed by atoms with Gasteiger partial charge in [0.05, 0.1) is 23.3 Å². The van der Waals surface area contributed by atoms with Crippen molar-refractivity contribution >= 4 is 22.0 Å². The van der Waals surface area contributed by atoms with Gasteiger partial charge in [-0.05, 0) is 74.1 Å². The number of esters is 2. The molecule has 2 saturated carbocycles. The fourth-order valence-electron chi connectivity index (χ4n) is 9.09. The van der Waals surface area contributed by atoms with Gasteiger partial charge in [0, 0.05) is 32.5 Å². The van der Waals surface area contributed by atoms with E-state index in [1.807, 2.05) is 50.2 Å². The number of likely N-dealkylation sites (tertiary alicyclic amines) is 1. The fourth-order valence-corrected chi connectivity index (χ4v) is 11.0. The van der Waals surface area contributed by atoms with Gasteiger partial charge in [0.2, 0.25) is 10.0 Å². The Bertz CT molecular complexity index is 1610. The first-order chi connectivity index (χ1) is 21.4. The van der Waals surface area contributed by atoms with Crippen molar-refractivity contribution in [3.05, 3.63) is 59.2 Å². The van der Waals surface area contributed by atoms with Gasteiger partial charge in [0.1, 0.15) is 11.7 Å². The predicted molar refractivity (Wildman–Crippen MR) is 168 cm³/mol. The zero-order valence-corrected chi connectivity index (χ0v) is 27.5. The molecule has 3 fully saturated rings. The van der Waals surface area contributed by atoms with Crippen molar-refractivity contribution in [2.75, 3.05) is 19.6 Å². The largest absolute Gasteiger partial charge is 0.483 e. The van der Waals surface area contributed by atoms with E-state index < -0.39 is 39.2 Å². The zero-order chi connectivity index (χ0) is 31.7. The summed E-state index contributed by atoms with van der Waals surface area (Å²) in [6, 6.07) is 12.6. The van der Waals surface area contributed by atoms with Crippen LogP contribution >= 0.6 is 0 Å². The molecule has 0 aromatic heterocycles. The Labute approximate surface area is 266 Å². The Morgan fingerprint density at radius 2 is 1.80 bits per heavy atom. The number of rotatable bonds is 10. The van der Waals surface area contributed by atoms with E-state index in [1.54, 1.807) is 10.4 Å². The molecule has 0 N–H and O–H groups in total. The maximum atomic E-state index is 14.4. The minimum atomic E-state index is -3.78. The molecule has 1 saturated heterocycles. The van der Waals surface area contributed by atoms with Gasteiger partial charge in [0.15, 0.2) is 11.5 Å². The summed E-state index contributed by atoms with van der Waals surface area (Å²) in [4.78, 5) is 27.8. The van der Waals surface area contributed by atoms with E-state index in [2.05, 4.69) is 4.90 Å². The normalized spacial score (nSPS) is 30.1. The van der Waals surface area contributed by atoms with Crippen molar-refractivity contribution in [2.45, 2.75) is 101 Å². The monoisotopic (exact) mass is 636 g/mol. The molecular formula is C35H44N2O7S. The highest BCUT2D eigenvalue weighted by molar-refractivity contribution is 7.88. The number of nitrogens with zero attached hydrogens (tertiary/aromatic N) is 2. The van der Waals surface area contributed by atoms with Crippen LogP contribution in [0.1, 0.15) is 76.5 Å². The maximum Gasteiger partial charge on any atom is 0.308 e. The molecule has 10 heteroatoms. The topological polar surface area (TPSA) is 102 Å². The van der Waals surface area contributed by atoms with Crippen molar-refractivity contribution in [1.82, 2.24) is 9.21 Å². The highest BCUT2D eigenvalue weighted by Crippen LogP contribution is 2.67. The number of hydrogen-bond donors (Lipinski definition) is 0. The van der Waals surface area contributed by atoms with Crippen molar-refractivity contribution in [3.8, 4) is 11.5 Å². The molecular weight excluding hydrogens is 592 g/mol. The Morgan fingerprint density at radius 3 is 2.47 bits per heavy atom. The Kier molecular flexibility index (Phi) is 7.56. The lowest BCUT2D eigenvalue weighted by atomic mass is 9.48. The van der Waals surface area contributed by atoms with Crippen LogP contribution in [0.5, 0.6) is 11.5 Å². The van der Waals surface area contributed by atoms with Crippen molar-refractivity contribution in [1.29, 1.82) is 0 Å². The smallest absolute Gasteiger partial charge is 0.308 e. The van der Waals surface area contributed by atoms with Gasteiger partial charge >= 0.3 is 11.9 Å². The van der Waals surface area contributed by atoms with Gasteiger partial charge in [-0.2, -0.15) is 4.31 Å². The number of carbonyl (C=O) groups excluding carboxylic acids is 2. The summed E-state index contributed by atoms with van der Waals surface area (Å²) in [5.41, 5.74) is 1.08. The number of piperidine rings is 1. The molecule has 2 aromatic rings. The second kappa shape index (κ2) is 11.1. The van der Waals surface area contributed by atoms with Crippen molar-refractivity contribution in [2.24, 2.45) is 11.8 Å². The quantitative estimate of drug-likeness (QED) is 0.276. The minimum Gasteiger partial charge on any atom is -0.483 e. The Morgan fingerprint density at radius 1 is 1.04 bits per heavy atom. The predicted octanol–water partition coefficient (Wildman–Crippen LogP) is 4.60. The Hall–Kier alpha value is -2.95. The van der Waals surface area contributed by atoms with E-state index in [-0.39, 0.29) is 23.7 Å². The standard InChI is InChI=1S/C35H44N2O7S/c1-22(2)19-37(45(40,41)21-26-8-6-5-7-9-26)28-14-15-35(44-24(4)39)30-18-27-12-13-29(42-23(3)38)32-31(27)34(35,33(28)43-32)16-17-36(30)20-25-10-11-25/h5-9,12-13,22,25,28,30,33H,10-11,14-21H2,1-4H3/t28-,30-,33+,34+,35-/m1/s1. The summed E-state index contributed by atoms with van der Waals surface area (Å²) in [5.74, 6) is 0.660. The molecule has 0 amide bonds. The van der Waals surface area contributed by atoms with Crippen molar-refractivity contribution < 1.29 is 32.2 Å². The molecule has 2 aliphatic heterocycles. The maximum absolute atomic E-state index is 14.4. The van der Waals surface area contributed by atoms with Crippen LogP contribution in [0.4, 0.5) is 0 Å². The van der Waals surface area contributed by atoms with Crippen LogP contribution in [0.15, 0.2) is 42.5 Å². The van der Waals surface area contributed by atoms with Gasteiger partial charge in [-0.15, -0.1) is 0 Å². The highest BCUT2D eigenvalue weighted by atomic mass is 32.2. The van der Waals surface area contributed by atoms with Crippen molar-refractivity contribution in [3.63, 3.8) is 0 Å². The van der Waals surface area contributed by atoms with E-state index >= 15 is 0 Å². The van der Waals surface area contributed by atoms with E-state index in [9.17, 15) is 18.0 Å². The minimum absolute atomic E-state index is 0.0553. The van der Waals surface area contributed by atoms with E-state index in [1.165, 1.54) is 26.7 Å². The summed E-state index contributed by atoms with van der Waals surface area (Å²) >= 11 is 0. The highest BCUT2D eigenvalue weighted by Gasteiger charge is 2.76. The fraction of sp³-hybridized carbons (Fsp3) is 0.600. The van der Waals surface area contributed by atoms with E-state index in [0.29, 0.717) is 49.6 Å². The second-order valence-electron chi connectivity index (χ2n) is 14.2. The molecule has 1 spiro atoms. The molecule has 5 aliphatic rings. The van der Waals surface area contributed by atoms with Crippen LogP contribution in [-0.4, -0.2) is 73.0 Å². The van der Waals surface area contributed by atoms with E-state index in [4.69, 9.17) is 14.2 Å². The molecule has 2 aromatic carbocycles. The van der Waals surface area contributed by atoms with Crippen LogP contribution in [0.3, 0.4) is 0 Å². The molecule has 45 heavy (non-hydrogen) atoms. The lowest BCUT2D eigenvalue weighted by molar-refractivity contribution is -0.222. The number of carbonyl (C=O) groups is 2. The summed E-state index contributed by atoms with van der Waals surface area (Å²) in [6.45, 7) is 9.02. The third-order valence-corrected chi connectivity index (χ3v) is 12.6. The SMILES string of the molecule is CC(=O)Oc1ccc2c3c1O[C@H]1[C@H](N(CC(C)C)S(=O)(=O)Cc4ccccc4)CC[C@@]4(OC(C)=O)[C@@H](C2)N(CC2CC2)CC[C@]314. The lowest BCUT2D eigenvalue weighted by Crippen LogP contribution is -2.79. The first-order valence-electron chi connectivity index (χ1n) is 16.4. The third kappa shape index (κ3) is 4.99. The molecule has 0 unspecified atom stereocenters. The van der Waals surface area contributed by atoms with Gasteiger partial charge < -0.3 is 14.2 Å². The Balaban J connectivity index is 1.39. The van der Waals surface area contributed by atoms with Crippen LogP contribution in [0.2, 0.25) is 0 Å². The van der Waals surface area contributed by atoms with Crippen LogP contribution in [0, 0.1) is 11.8 Å². The molecule has 2 heterocycles. The number of ether oxygens (including phenoxy) is 3. The van der Waals surface area contributed by atoms with Gasteiger partial charge in [-0.1, -0.05) is 50.2 Å². The summed E-state index contributed by atoms with van der Waals surface area (Å²) in [5, 5.41) is 0. The van der Waals surface area contributed by atoms with Gasteiger partial charge in [0.25, 0.3) is 0 Å². The third-order valence-electron chi connectivity index (χ3n) is 10.7. The van der Waals surface area contributed by atoms with Crippen LogP contribution in [0.25, 0.3) is 0 Å². The van der Waals surface area contributed by atoms with Crippen LogP contribution < -0.4 is 9.47 Å². The zero-order valence-electron chi connectivity index (χ0n) is 26.7. The first kappa shape index (κ1) is 30.7. The van der Waals surface area contributed by atoms with Crippen LogP contribution in [-0.2, 0) is 41.9 Å². The summed E-state index contributed by atoms with van der Waals surface area (Å²) in [6.07, 6.45) is 4.17. The average molecular weight is 637 g/mol. The molecule has 7 rings (SSSR count). The first-order valence-corrected chi connectivity index (χ1v) is 18.0. The van der Waals surface area contributed by atoms with E-state index in [0.717, 1.165) is 29.8 Å². The molecule has 2 bridgehead atoms. The lowest BCUT2D eigenvalue weighted by Gasteiger charge is -2.65. The molecule has 242 valence electrons. The molecule has 0 radical (unpaired) electrons. The number of benzene rings is 2. The van der Waals surface area contributed by atoms with Gasteiger partial charge in [-0.3, -0.25) is 14.5 Å². The summed E-state index contributed by atoms with van der Waals surface area (Å²) in [7, 11) is -3.78. The summed E-state index contributed by atoms with van der Waals surface area (Å²) < 4.78 is 49.7.